The van der Waals surface area contributed by atoms with Crippen LogP contribution >= 0.6 is 11.3 Å². The summed E-state index contributed by atoms with van der Waals surface area (Å²) in [5.74, 6) is -0.722. The maximum absolute atomic E-state index is 12.2. The van der Waals surface area contributed by atoms with Crippen LogP contribution in [0.25, 0.3) is 21.7 Å². The zero-order chi connectivity index (χ0) is 21.6. The second-order valence-corrected chi connectivity index (χ2v) is 7.47. The topological polar surface area (TPSA) is 101 Å². The highest BCUT2D eigenvalue weighted by atomic mass is 32.1. The fourth-order valence-electron chi connectivity index (χ4n) is 2.94. The van der Waals surface area contributed by atoms with Crippen molar-refractivity contribution in [2.24, 2.45) is 0 Å². The van der Waals surface area contributed by atoms with Gasteiger partial charge in [-0.3, -0.25) is 10.1 Å². The normalized spacial score (nSPS) is 10.5. The molecule has 7 nitrogen and oxygen atoms in total. The SMILES string of the molecule is O=C(COc1ccccc1)Nc1nnc(-c2ccccc2-c2cccc(C(=O)O)c2)s1. The van der Waals surface area contributed by atoms with Crippen molar-refractivity contribution in [2.75, 3.05) is 11.9 Å². The second-order valence-electron chi connectivity index (χ2n) is 6.49. The first-order valence-corrected chi connectivity index (χ1v) is 10.2. The molecular weight excluding hydrogens is 414 g/mol. The third kappa shape index (κ3) is 4.93. The number of carboxylic acid groups (broad SMARTS) is 1. The van der Waals surface area contributed by atoms with Gasteiger partial charge in [0.1, 0.15) is 10.8 Å². The average Bonchev–Trinajstić information content (AvgIpc) is 3.26. The van der Waals surface area contributed by atoms with Crippen LogP contribution in [0.4, 0.5) is 5.13 Å². The molecule has 3 aromatic carbocycles. The second kappa shape index (κ2) is 9.19. The summed E-state index contributed by atoms with van der Waals surface area (Å²) in [6, 6.07) is 23.3. The quantitative estimate of drug-likeness (QED) is 0.444. The number of benzene rings is 3. The van der Waals surface area contributed by atoms with Gasteiger partial charge in [0.2, 0.25) is 5.13 Å². The molecule has 0 aliphatic carbocycles. The number of aromatic carboxylic acids is 1. The fraction of sp³-hybridized carbons (Fsp3) is 0.0435. The first kappa shape index (κ1) is 20.2. The lowest BCUT2D eigenvalue weighted by atomic mass is 9.98. The van der Waals surface area contributed by atoms with Gasteiger partial charge >= 0.3 is 5.97 Å². The van der Waals surface area contributed by atoms with E-state index in [0.717, 1.165) is 16.7 Å². The van der Waals surface area contributed by atoms with Crippen molar-refractivity contribution in [1.82, 2.24) is 10.2 Å². The molecule has 0 bridgehead atoms. The minimum atomic E-state index is -0.988. The Labute approximate surface area is 182 Å². The first-order valence-electron chi connectivity index (χ1n) is 9.34. The Balaban J connectivity index is 1.51. The molecule has 1 heterocycles. The maximum Gasteiger partial charge on any atom is 0.335 e. The summed E-state index contributed by atoms with van der Waals surface area (Å²) in [4.78, 5) is 23.5. The Hall–Kier alpha value is -4.04. The van der Waals surface area contributed by atoms with Gasteiger partial charge in [0.05, 0.1) is 5.56 Å². The Morgan fingerprint density at radius 1 is 0.903 bits per heavy atom. The molecule has 4 aromatic rings. The molecule has 8 heteroatoms. The van der Waals surface area contributed by atoms with Crippen LogP contribution in [-0.2, 0) is 4.79 Å². The summed E-state index contributed by atoms with van der Waals surface area (Å²) < 4.78 is 5.44. The van der Waals surface area contributed by atoms with Gasteiger partial charge in [-0.15, -0.1) is 10.2 Å². The molecule has 0 atom stereocenters. The monoisotopic (exact) mass is 431 g/mol. The largest absolute Gasteiger partial charge is 0.484 e. The number of rotatable bonds is 7. The number of nitrogens with zero attached hydrogens (tertiary/aromatic N) is 2. The summed E-state index contributed by atoms with van der Waals surface area (Å²) in [6.45, 7) is -0.141. The number of hydrogen-bond donors (Lipinski definition) is 2. The van der Waals surface area contributed by atoms with Gasteiger partial charge in [0, 0.05) is 5.56 Å². The number of aromatic nitrogens is 2. The van der Waals surface area contributed by atoms with E-state index in [1.165, 1.54) is 11.3 Å². The third-order valence-corrected chi connectivity index (χ3v) is 5.23. The Morgan fingerprint density at radius 2 is 1.65 bits per heavy atom. The van der Waals surface area contributed by atoms with Gasteiger partial charge in [0.25, 0.3) is 5.91 Å². The van der Waals surface area contributed by atoms with Crippen LogP contribution in [0.3, 0.4) is 0 Å². The minimum Gasteiger partial charge on any atom is -0.484 e. The zero-order valence-corrected chi connectivity index (χ0v) is 17.0. The summed E-state index contributed by atoms with van der Waals surface area (Å²) in [7, 11) is 0. The highest BCUT2D eigenvalue weighted by molar-refractivity contribution is 7.18. The standard InChI is InChI=1S/C23H17N3O4S/c27-20(14-30-17-9-2-1-3-10-17)24-23-26-25-21(31-23)19-12-5-4-11-18(19)15-7-6-8-16(13-15)22(28)29/h1-13H,14H2,(H,28,29)(H,24,26,27). The van der Waals surface area contributed by atoms with Gasteiger partial charge in [-0.25, -0.2) is 4.79 Å². The fourth-order valence-corrected chi connectivity index (χ4v) is 3.74. The van der Waals surface area contributed by atoms with E-state index >= 15 is 0 Å². The molecule has 31 heavy (non-hydrogen) atoms. The molecule has 1 aromatic heterocycles. The van der Waals surface area contributed by atoms with Crippen molar-refractivity contribution in [3.8, 4) is 27.4 Å². The summed E-state index contributed by atoms with van der Waals surface area (Å²) in [6.07, 6.45) is 0. The van der Waals surface area contributed by atoms with E-state index in [1.54, 1.807) is 30.3 Å². The summed E-state index contributed by atoms with van der Waals surface area (Å²) in [5, 5.41) is 21.2. The lowest BCUT2D eigenvalue weighted by Crippen LogP contribution is -2.20. The van der Waals surface area contributed by atoms with Crippen molar-refractivity contribution in [2.45, 2.75) is 0 Å². The Morgan fingerprint density at radius 3 is 2.42 bits per heavy atom. The van der Waals surface area contributed by atoms with Crippen LogP contribution in [0.5, 0.6) is 5.75 Å². The predicted molar refractivity (Wildman–Crippen MR) is 118 cm³/mol. The lowest BCUT2D eigenvalue weighted by Gasteiger charge is -2.08. The van der Waals surface area contributed by atoms with Gasteiger partial charge in [0.15, 0.2) is 6.61 Å². The van der Waals surface area contributed by atoms with Crippen LogP contribution < -0.4 is 10.1 Å². The summed E-state index contributed by atoms with van der Waals surface area (Å²) in [5.41, 5.74) is 2.58. The van der Waals surface area contributed by atoms with Gasteiger partial charge in [-0.05, 0) is 35.4 Å². The van der Waals surface area contributed by atoms with Gasteiger partial charge in [-0.1, -0.05) is 65.9 Å². The maximum atomic E-state index is 12.2. The molecule has 0 fully saturated rings. The van der Waals surface area contributed by atoms with Crippen molar-refractivity contribution in [3.63, 3.8) is 0 Å². The molecule has 0 saturated heterocycles. The molecule has 4 rings (SSSR count). The smallest absolute Gasteiger partial charge is 0.335 e. The zero-order valence-electron chi connectivity index (χ0n) is 16.2. The van der Waals surface area contributed by atoms with E-state index in [1.807, 2.05) is 48.5 Å². The number of amides is 1. The number of carbonyl (C=O) groups excluding carboxylic acids is 1. The molecule has 0 saturated carbocycles. The molecule has 0 aliphatic rings. The molecule has 0 radical (unpaired) electrons. The predicted octanol–water partition coefficient (Wildman–Crippen LogP) is 4.59. The third-order valence-electron chi connectivity index (χ3n) is 4.36. The van der Waals surface area contributed by atoms with Crippen molar-refractivity contribution in [1.29, 1.82) is 0 Å². The number of anilines is 1. The Kier molecular flexibility index (Phi) is 6.00. The van der Waals surface area contributed by atoms with Crippen molar-refractivity contribution < 1.29 is 19.4 Å². The van der Waals surface area contributed by atoms with Gasteiger partial charge < -0.3 is 9.84 Å². The van der Waals surface area contributed by atoms with E-state index in [0.29, 0.717) is 15.9 Å². The molecule has 2 N–H and O–H groups in total. The number of nitrogens with one attached hydrogen (secondary N) is 1. The van der Waals surface area contributed by atoms with E-state index < -0.39 is 5.97 Å². The van der Waals surface area contributed by atoms with Crippen LogP contribution in [-0.4, -0.2) is 33.8 Å². The van der Waals surface area contributed by atoms with Crippen LogP contribution in [0.2, 0.25) is 0 Å². The highest BCUT2D eigenvalue weighted by Gasteiger charge is 2.15. The Bertz CT molecular complexity index is 1220. The van der Waals surface area contributed by atoms with Gasteiger partial charge in [-0.2, -0.15) is 0 Å². The molecule has 0 aliphatic heterocycles. The molecule has 0 unspecified atom stereocenters. The van der Waals surface area contributed by atoms with E-state index in [2.05, 4.69) is 15.5 Å². The highest BCUT2D eigenvalue weighted by Crippen LogP contribution is 2.35. The van der Waals surface area contributed by atoms with Crippen LogP contribution in [0.15, 0.2) is 78.9 Å². The van der Waals surface area contributed by atoms with Crippen LogP contribution in [0, 0.1) is 0 Å². The molecule has 0 spiro atoms. The minimum absolute atomic E-state index is 0.141. The van der Waals surface area contributed by atoms with E-state index in [-0.39, 0.29) is 18.1 Å². The lowest BCUT2D eigenvalue weighted by molar-refractivity contribution is -0.118. The number of para-hydroxylation sites is 1. The summed E-state index contributed by atoms with van der Waals surface area (Å²) >= 11 is 1.23. The average molecular weight is 431 g/mol. The number of hydrogen-bond acceptors (Lipinski definition) is 6. The molecule has 1 amide bonds. The first-order chi connectivity index (χ1) is 15.1. The van der Waals surface area contributed by atoms with Crippen molar-refractivity contribution in [3.05, 3.63) is 84.4 Å². The molecule has 154 valence electrons. The number of carbonyl (C=O) groups is 2. The van der Waals surface area contributed by atoms with Crippen molar-refractivity contribution >= 4 is 28.3 Å². The van der Waals surface area contributed by atoms with Crippen LogP contribution in [0.1, 0.15) is 10.4 Å². The number of carboxylic acids is 1. The number of ether oxygens (including phenoxy) is 1. The van der Waals surface area contributed by atoms with E-state index in [4.69, 9.17) is 4.74 Å². The molecular formula is C23H17N3O4S. The van der Waals surface area contributed by atoms with E-state index in [9.17, 15) is 14.7 Å².